The van der Waals surface area contributed by atoms with Crippen LogP contribution in [0.25, 0.3) is 11.7 Å². The monoisotopic (exact) mass is 326 g/mol. The van der Waals surface area contributed by atoms with Crippen LogP contribution in [-0.2, 0) is 11.2 Å². The first-order valence-corrected chi connectivity index (χ1v) is 8.01. The summed E-state index contributed by atoms with van der Waals surface area (Å²) in [6.07, 6.45) is 7.19. The number of hydrogen-bond donors (Lipinski definition) is 1. The molecule has 0 bridgehead atoms. The summed E-state index contributed by atoms with van der Waals surface area (Å²) in [6, 6.07) is 3.58. The maximum atomic E-state index is 12.7. The number of likely N-dealkylation sites (tertiary alicyclic amines) is 1. The number of aromatic nitrogens is 3. The molecule has 0 aromatic carbocycles. The SMILES string of the molecule is Cc1oc(-c2ccco2)nc1CC(=O)N1CCCC1c1ncc[nH]1. The number of nitrogens with zero attached hydrogens (tertiary/aromatic N) is 3. The number of rotatable bonds is 4. The van der Waals surface area contributed by atoms with Crippen LogP contribution in [-0.4, -0.2) is 32.3 Å². The van der Waals surface area contributed by atoms with E-state index in [1.165, 1.54) is 0 Å². The second-order valence-electron chi connectivity index (χ2n) is 5.90. The van der Waals surface area contributed by atoms with Crippen LogP contribution < -0.4 is 0 Å². The lowest BCUT2D eigenvalue weighted by molar-refractivity contribution is -0.131. The zero-order chi connectivity index (χ0) is 16.5. The van der Waals surface area contributed by atoms with Crippen LogP contribution in [0.2, 0.25) is 0 Å². The molecule has 124 valence electrons. The lowest BCUT2D eigenvalue weighted by atomic mass is 10.2. The van der Waals surface area contributed by atoms with Gasteiger partial charge in [-0.25, -0.2) is 9.97 Å². The summed E-state index contributed by atoms with van der Waals surface area (Å²) in [4.78, 5) is 26.4. The molecule has 0 spiro atoms. The van der Waals surface area contributed by atoms with E-state index in [4.69, 9.17) is 8.83 Å². The molecule has 24 heavy (non-hydrogen) atoms. The van der Waals surface area contributed by atoms with Gasteiger partial charge in [-0.1, -0.05) is 0 Å². The number of H-pyrrole nitrogens is 1. The lowest BCUT2D eigenvalue weighted by Gasteiger charge is -2.22. The fourth-order valence-electron chi connectivity index (χ4n) is 3.15. The van der Waals surface area contributed by atoms with E-state index < -0.39 is 0 Å². The Morgan fingerprint density at radius 3 is 3.17 bits per heavy atom. The van der Waals surface area contributed by atoms with Crippen LogP contribution >= 0.6 is 0 Å². The molecule has 1 aliphatic rings. The van der Waals surface area contributed by atoms with Crippen LogP contribution in [0.15, 0.2) is 39.6 Å². The van der Waals surface area contributed by atoms with E-state index in [1.54, 1.807) is 30.8 Å². The standard InChI is InChI=1S/C17H18N4O3/c1-11-12(20-17(24-11)14-5-3-9-23-14)10-15(22)21-8-2-4-13(21)16-18-6-7-19-16/h3,5-7,9,13H,2,4,8,10H2,1H3,(H,18,19). The van der Waals surface area contributed by atoms with Crippen LogP contribution in [0.3, 0.4) is 0 Å². The Morgan fingerprint density at radius 1 is 1.50 bits per heavy atom. The summed E-state index contributed by atoms with van der Waals surface area (Å²) in [7, 11) is 0. The molecule has 1 unspecified atom stereocenters. The zero-order valence-corrected chi connectivity index (χ0v) is 13.4. The largest absolute Gasteiger partial charge is 0.459 e. The third-order valence-electron chi connectivity index (χ3n) is 4.35. The van der Waals surface area contributed by atoms with Gasteiger partial charge in [0.1, 0.15) is 11.6 Å². The quantitative estimate of drug-likeness (QED) is 0.796. The molecule has 0 radical (unpaired) electrons. The maximum Gasteiger partial charge on any atom is 0.263 e. The topological polar surface area (TPSA) is 88.2 Å². The average Bonchev–Trinajstić information content (AvgIpc) is 3.36. The van der Waals surface area contributed by atoms with Crippen molar-refractivity contribution >= 4 is 5.91 Å². The summed E-state index contributed by atoms with van der Waals surface area (Å²) in [5, 5.41) is 0. The van der Waals surface area contributed by atoms with Gasteiger partial charge in [0, 0.05) is 18.9 Å². The van der Waals surface area contributed by atoms with Crippen LogP contribution in [0.1, 0.15) is 36.2 Å². The number of carbonyl (C=O) groups excluding carboxylic acids is 1. The Balaban J connectivity index is 1.52. The Bertz CT molecular complexity index is 820. The van der Waals surface area contributed by atoms with Gasteiger partial charge in [0.15, 0.2) is 5.76 Å². The number of hydrogen-bond acceptors (Lipinski definition) is 5. The Labute approximate surface area is 138 Å². The maximum absolute atomic E-state index is 12.7. The number of amides is 1. The van der Waals surface area contributed by atoms with E-state index in [2.05, 4.69) is 15.0 Å². The first-order valence-electron chi connectivity index (χ1n) is 8.01. The number of imidazole rings is 1. The molecule has 1 N–H and O–H groups in total. The van der Waals surface area contributed by atoms with Crippen molar-refractivity contribution in [3.63, 3.8) is 0 Å². The van der Waals surface area contributed by atoms with Gasteiger partial charge < -0.3 is 18.7 Å². The average molecular weight is 326 g/mol. The number of aryl methyl sites for hydroxylation is 1. The molecule has 4 heterocycles. The van der Waals surface area contributed by atoms with Crippen LogP contribution in [0, 0.1) is 6.92 Å². The molecule has 1 aliphatic heterocycles. The number of aromatic amines is 1. The van der Waals surface area contributed by atoms with Gasteiger partial charge in [-0.15, -0.1) is 0 Å². The fourth-order valence-corrected chi connectivity index (χ4v) is 3.15. The number of furan rings is 1. The minimum absolute atomic E-state index is 0.0178. The van der Waals surface area contributed by atoms with E-state index in [0.717, 1.165) is 25.2 Å². The summed E-state index contributed by atoms with van der Waals surface area (Å²) in [5.41, 5.74) is 0.650. The van der Waals surface area contributed by atoms with Crippen molar-refractivity contribution in [3.8, 4) is 11.7 Å². The first-order chi connectivity index (χ1) is 11.7. The number of carbonyl (C=O) groups is 1. The highest BCUT2D eigenvalue weighted by Crippen LogP contribution is 2.31. The molecule has 3 aromatic heterocycles. The van der Waals surface area contributed by atoms with Crippen molar-refractivity contribution < 1.29 is 13.6 Å². The minimum atomic E-state index is 0.0178. The Hall–Kier alpha value is -2.83. The summed E-state index contributed by atoms with van der Waals surface area (Å²) in [6.45, 7) is 2.56. The second kappa shape index (κ2) is 5.99. The third-order valence-corrected chi connectivity index (χ3v) is 4.35. The van der Waals surface area contributed by atoms with Crippen molar-refractivity contribution in [2.75, 3.05) is 6.54 Å². The lowest BCUT2D eigenvalue weighted by Crippen LogP contribution is -2.32. The van der Waals surface area contributed by atoms with Gasteiger partial charge in [0.2, 0.25) is 5.91 Å². The van der Waals surface area contributed by atoms with Crippen molar-refractivity contribution in [1.82, 2.24) is 19.9 Å². The molecular weight excluding hydrogens is 308 g/mol. The summed E-state index contributed by atoms with van der Waals surface area (Å²) in [5.74, 6) is 2.49. The van der Waals surface area contributed by atoms with E-state index in [0.29, 0.717) is 23.1 Å². The molecule has 1 saturated heterocycles. The second-order valence-corrected chi connectivity index (χ2v) is 5.90. The molecule has 1 atom stereocenters. The van der Waals surface area contributed by atoms with Gasteiger partial charge in [-0.3, -0.25) is 4.79 Å². The van der Waals surface area contributed by atoms with Gasteiger partial charge in [-0.2, -0.15) is 0 Å². The van der Waals surface area contributed by atoms with Crippen molar-refractivity contribution in [3.05, 3.63) is 48.1 Å². The summed E-state index contributed by atoms with van der Waals surface area (Å²) >= 11 is 0. The molecule has 7 heteroatoms. The number of nitrogens with one attached hydrogen (secondary N) is 1. The van der Waals surface area contributed by atoms with Gasteiger partial charge >= 0.3 is 0 Å². The van der Waals surface area contributed by atoms with Crippen LogP contribution in [0.5, 0.6) is 0 Å². The highest BCUT2D eigenvalue weighted by Gasteiger charge is 2.32. The molecule has 3 aromatic rings. The fraction of sp³-hybridized carbons (Fsp3) is 0.353. The smallest absolute Gasteiger partial charge is 0.263 e. The number of oxazole rings is 1. The molecule has 4 rings (SSSR count). The molecule has 1 fully saturated rings. The summed E-state index contributed by atoms with van der Waals surface area (Å²) < 4.78 is 10.9. The van der Waals surface area contributed by atoms with Crippen molar-refractivity contribution in [2.24, 2.45) is 0 Å². The van der Waals surface area contributed by atoms with E-state index in [-0.39, 0.29) is 18.4 Å². The predicted molar refractivity (Wildman–Crippen MR) is 84.9 cm³/mol. The van der Waals surface area contributed by atoms with E-state index in [1.807, 2.05) is 11.8 Å². The minimum Gasteiger partial charge on any atom is -0.459 e. The highest BCUT2D eigenvalue weighted by molar-refractivity contribution is 5.79. The van der Waals surface area contributed by atoms with Gasteiger partial charge in [0.05, 0.1) is 24.4 Å². The van der Waals surface area contributed by atoms with Crippen LogP contribution in [0.4, 0.5) is 0 Å². The van der Waals surface area contributed by atoms with E-state index >= 15 is 0 Å². The van der Waals surface area contributed by atoms with Crippen molar-refractivity contribution in [2.45, 2.75) is 32.2 Å². The van der Waals surface area contributed by atoms with E-state index in [9.17, 15) is 4.79 Å². The van der Waals surface area contributed by atoms with Crippen molar-refractivity contribution in [1.29, 1.82) is 0 Å². The molecular formula is C17H18N4O3. The third kappa shape index (κ3) is 2.62. The first kappa shape index (κ1) is 14.7. The zero-order valence-electron chi connectivity index (χ0n) is 13.4. The Morgan fingerprint density at radius 2 is 2.42 bits per heavy atom. The molecule has 0 saturated carbocycles. The predicted octanol–water partition coefficient (Wildman–Crippen LogP) is 2.87. The van der Waals surface area contributed by atoms with Gasteiger partial charge in [0.25, 0.3) is 5.89 Å². The molecule has 0 aliphatic carbocycles. The highest BCUT2D eigenvalue weighted by atomic mass is 16.4. The molecule has 7 nitrogen and oxygen atoms in total. The normalized spacial score (nSPS) is 17.5. The van der Waals surface area contributed by atoms with Gasteiger partial charge in [-0.05, 0) is 31.9 Å². The Kier molecular flexibility index (Phi) is 3.68. The molecule has 1 amide bonds.